The van der Waals surface area contributed by atoms with Crippen LogP contribution in [-0.4, -0.2) is 34.5 Å². The first-order valence-electron chi connectivity index (χ1n) is 12.1. The molecule has 7 nitrogen and oxygen atoms in total. The van der Waals surface area contributed by atoms with Crippen LogP contribution in [0.25, 0.3) is 22.4 Å². The van der Waals surface area contributed by atoms with Crippen LogP contribution in [-0.2, 0) is 13.0 Å². The quantitative estimate of drug-likeness (QED) is 0.462. The summed E-state index contributed by atoms with van der Waals surface area (Å²) in [5.41, 5.74) is 15.8. The third kappa shape index (κ3) is 6.10. The number of ether oxygens (including phenoxy) is 1. The molecule has 0 aliphatic heterocycles. The van der Waals surface area contributed by atoms with Gasteiger partial charge in [0, 0.05) is 35.8 Å². The Morgan fingerprint density at radius 2 is 1.67 bits per heavy atom. The van der Waals surface area contributed by atoms with E-state index in [1.165, 1.54) is 0 Å². The number of pyridine rings is 1. The molecular weight excluding hydrogens is 452 g/mol. The molecule has 0 atom stereocenters. The molecule has 0 saturated carbocycles. The molecular formula is C29H36N4O3. The van der Waals surface area contributed by atoms with Crippen molar-refractivity contribution in [1.29, 1.82) is 0 Å². The van der Waals surface area contributed by atoms with Crippen molar-refractivity contribution < 1.29 is 14.3 Å². The van der Waals surface area contributed by atoms with Crippen molar-refractivity contribution >= 4 is 12.0 Å². The average molecular weight is 489 g/mol. The van der Waals surface area contributed by atoms with E-state index in [2.05, 4.69) is 13.8 Å². The first kappa shape index (κ1) is 26.9. The number of hydrogen-bond donors (Lipinski definition) is 2. The van der Waals surface area contributed by atoms with E-state index in [-0.39, 0.29) is 5.92 Å². The lowest BCUT2D eigenvalue weighted by molar-refractivity contribution is 0.100. The van der Waals surface area contributed by atoms with Gasteiger partial charge in [0.2, 0.25) is 5.91 Å². The van der Waals surface area contributed by atoms with Crippen LogP contribution >= 0.6 is 0 Å². The van der Waals surface area contributed by atoms with Crippen molar-refractivity contribution in [3.05, 3.63) is 71.4 Å². The van der Waals surface area contributed by atoms with E-state index in [4.69, 9.17) is 21.2 Å². The van der Waals surface area contributed by atoms with Gasteiger partial charge < -0.3 is 21.1 Å². The van der Waals surface area contributed by atoms with Gasteiger partial charge in [0.05, 0.1) is 11.4 Å². The molecule has 3 aromatic rings. The second-order valence-electron chi connectivity index (χ2n) is 10.3. The maximum Gasteiger partial charge on any atom is 0.415 e. The second-order valence-corrected chi connectivity index (χ2v) is 10.3. The van der Waals surface area contributed by atoms with E-state index < -0.39 is 17.5 Å². The van der Waals surface area contributed by atoms with Crippen molar-refractivity contribution in [2.24, 2.45) is 17.4 Å². The molecule has 7 heteroatoms. The van der Waals surface area contributed by atoms with E-state index >= 15 is 0 Å². The van der Waals surface area contributed by atoms with Gasteiger partial charge in [0.1, 0.15) is 0 Å². The Morgan fingerprint density at radius 3 is 2.22 bits per heavy atom. The topological polar surface area (TPSA) is 112 Å². The summed E-state index contributed by atoms with van der Waals surface area (Å²) in [5.74, 6) is 0.115. The smallest absolute Gasteiger partial charge is 0.408 e. The lowest BCUT2D eigenvalue weighted by atomic mass is 9.95. The van der Waals surface area contributed by atoms with Gasteiger partial charge in [0.15, 0.2) is 5.75 Å². The van der Waals surface area contributed by atoms with E-state index in [1.54, 1.807) is 24.1 Å². The maximum atomic E-state index is 13.2. The van der Waals surface area contributed by atoms with Crippen LogP contribution in [0.2, 0.25) is 0 Å². The predicted molar refractivity (Wildman–Crippen MR) is 144 cm³/mol. The second kappa shape index (κ2) is 10.9. The molecule has 2 amide bonds. The molecule has 4 N–H and O–H groups in total. The largest absolute Gasteiger partial charge is 0.415 e. The molecule has 0 fully saturated rings. The van der Waals surface area contributed by atoms with Crippen LogP contribution < -0.4 is 16.2 Å². The maximum absolute atomic E-state index is 13.2. The Balaban J connectivity index is 2.29. The molecule has 3 rings (SSSR count). The van der Waals surface area contributed by atoms with E-state index in [9.17, 15) is 9.59 Å². The molecule has 36 heavy (non-hydrogen) atoms. The minimum absolute atomic E-state index is 0.240. The van der Waals surface area contributed by atoms with Gasteiger partial charge in [-0.1, -0.05) is 56.3 Å². The molecule has 0 aliphatic carbocycles. The molecule has 190 valence electrons. The number of primary amides is 1. The van der Waals surface area contributed by atoms with Gasteiger partial charge in [-0.3, -0.25) is 4.79 Å². The zero-order valence-corrected chi connectivity index (χ0v) is 22.0. The standard InChI is InChI=1S/C29H36N4O3/c1-18(2)15-25-26(36-28(35)33(6)29(3,4)5)23(20-13-11-19(17-30)12-14-20)16-24(32-25)21-9-7-8-10-22(21)27(31)34/h7-14,16,18H,15,17,30H2,1-6H3,(H2,31,34). The number of nitrogens with two attached hydrogens (primary N) is 2. The summed E-state index contributed by atoms with van der Waals surface area (Å²) >= 11 is 0. The van der Waals surface area contributed by atoms with Crippen molar-refractivity contribution in [2.45, 2.75) is 53.1 Å². The zero-order chi connectivity index (χ0) is 26.6. The van der Waals surface area contributed by atoms with Gasteiger partial charge >= 0.3 is 6.09 Å². The molecule has 0 spiro atoms. The number of amides is 2. The van der Waals surface area contributed by atoms with Crippen LogP contribution in [0.1, 0.15) is 56.2 Å². The van der Waals surface area contributed by atoms with Crippen LogP contribution in [0.3, 0.4) is 0 Å². The highest BCUT2D eigenvalue weighted by Gasteiger charge is 2.27. The molecule has 0 saturated heterocycles. The summed E-state index contributed by atoms with van der Waals surface area (Å²) in [6, 6.07) is 16.8. The minimum Gasteiger partial charge on any atom is -0.408 e. The van der Waals surface area contributed by atoms with Crippen LogP contribution in [0, 0.1) is 5.92 Å². The number of nitrogens with zero attached hydrogens (tertiary/aromatic N) is 2. The fourth-order valence-corrected chi connectivity index (χ4v) is 3.75. The average Bonchev–Trinajstić information content (AvgIpc) is 2.83. The van der Waals surface area contributed by atoms with Gasteiger partial charge in [0.25, 0.3) is 0 Å². The minimum atomic E-state index is -0.533. The highest BCUT2D eigenvalue weighted by molar-refractivity contribution is 5.99. The van der Waals surface area contributed by atoms with Gasteiger partial charge in [-0.2, -0.15) is 0 Å². The van der Waals surface area contributed by atoms with Crippen molar-refractivity contribution in [2.75, 3.05) is 7.05 Å². The number of aromatic nitrogens is 1. The molecule has 1 heterocycles. The summed E-state index contributed by atoms with van der Waals surface area (Å²) < 4.78 is 6.05. The molecule has 0 unspecified atom stereocenters. The van der Waals surface area contributed by atoms with Crippen LogP contribution in [0.4, 0.5) is 4.79 Å². The molecule has 2 aromatic carbocycles. The Labute approximate surface area is 213 Å². The van der Waals surface area contributed by atoms with E-state index in [0.717, 1.165) is 11.1 Å². The molecule has 0 radical (unpaired) electrons. The summed E-state index contributed by atoms with van der Waals surface area (Å²) in [7, 11) is 1.71. The number of rotatable bonds is 7. The van der Waals surface area contributed by atoms with Gasteiger partial charge in [-0.05, 0) is 56.4 Å². The Hall–Kier alpha value is -3.71. The number of hydrogen-bond acceptors (Lipinski definition) is 5. The van der Waals surface area contributed by atoms with Gasteiger partial charge in [-0.15, -0.1) is 0 Å². The first-order valence-corrected chi connectivity index (χ1v) is 12.1. The predicted octanol–water partition coefficient (Wildman–Crippen LogP) is 5.40. The normalized spacial score (nSPS) is 11.4. The molecule has 1 aromatic heterocycles. The lowest BCUT2D eigenvalue weighted by Gasteiger charge is -2.31. The lowest BCUT2D eigenvalue weighted by Crippen LogP contribution is -2.44. The van der Waals surface area contributed by atoms with Gasteiger partial charge in [-0.25, -0.2) is 9.78 Å². The Morgan fingerprint density at radius 1 is 1.03 bits per heavy atom. The summed E-state index contributed by atoms with van der Waals surface area (Å²) in [5, 5.41) is 0. The first-order chi connectivity index (χ1) is 16.9. The zero-order valence-electron chi connectivity index (χ0n) is 22.0. The summed E-state index contributed by atoms with van der Waals surface area (Å²) in [6.07, 6.45) is 0.0990. The van der Waals surface area contributed by atoms with Crippen molar-refractivity contribution in [3.8, 4) is 28.1 Å². The SMILES string of the molecule is CC(C)Cc1nc(-c2ccccc2C(N)=O)cc(-c2ccc(CN)cc2)c1OC(=O)N(C)C(C)(C)C. The number of carbonyl (C=O) groups is 2. The summed E-state index contributed by atoms with van der Waals surface area (Å²) in [6.45, 7) is 10.4. The van der Waals surface area contributed by atoms with Crippen LogP contribution in [0.15, 0.2) is 54.6 Å². The van der Waals surface area contributed by atoms with Crippen molar-refractivity contribution in [1.82, 2.24) is 9.88 Å². The molecule has 0 aliphatic rings. The summed E-state index contributed by atoms with van der Waals surface area (Å²) in [4.78, 5) is 31.8. The third-order valence-corrected chi connectivity index (χ3v) is 6.08. The fourth-order valence-electron chi connectivity index (χ4n) is 3.75. The van der Waals surface area contributed by atoms with Crippen molar-refractivity contribution in [3.63, 3.8) is 0 Å². The molecule has 0 bridgehead atoms. The fraction of sp³-hybridized carbons (Fsp3) is 0.345. The van der Waals surface area contributed by atoms with E-state index in [0.29, 0.717) is 46.8 Å². The number of carbonyl (C=O) groups excluding carboxylic acids is 2. The van der Waals surface area contributed by atoms with E-state index in [1.807, 2.05) is 63.2 Å². The highest BCUT2D eigenvalue weighted by atomic mass is 16.6. The Bertz CT molecular complexity index is 1240. The number of benzene rings is 2. The monoisotopic (exact) mass is 488 g/mol. The highest BCUT2D eigenvalue weighted by Crippen LogP contribution is 2.38. The Kier molecular flexibility index (Phi) is 8.15. The third-order valence-electron chi connectivity index (χ3n) is 6.08. The van der Waals surface area contributed by atoms with Crippen LogP contribution in [0.5, 0.6) is 5.75 Å².